The molecule has 1 amide bonds. The van der Waals surface area contributed by atoms with Gasteiger partial charge in [-0.2, -0.15) is 0 Å². The molecule has 0 unspecified atom stereocenters. The summed E-state index contributed by atoms with van der Waals surface area (Å²) in [7, 11) is 3.05. The topological polar surface area (TPSA) is 62.2 Å². The molecule has 6 heteroatoms. The van der Waals surface area contributed by atoms with Crippen molar-refractivity contribution in [2.24, 2.45) is 5.92 Å². The molecular weight excluding hydrogens is 320 g/mol. The Balaban J connectivity index is 2.09. The van der Waals surface area contributed by atoms with Crippen molar-refractivity contribution >= 4 is 5.91 Å². The zero-order valence-electron chi connectivity index (χ0n) is 15.7. The zero-order chi connectivity index (χ0) is 18.4. The second kappa shape index (κ2) is 8.94. The lowest BCUT2D eigenvalue weighted by molar-refractivity contribution is -0.137. The van der Waals surface area contributed by atoms with E-state index in [1.807, 2.05) is 30.9 Å². The average molecular weight is 350 g/mol. The fraction of sp³-hybridized carbons (Fsp3) is 0.632. The largest absolute Gasteiger partial charge is 0.502 e. The number of carbonyl (C=O) groups is 1. The van der Waals surface area contributed by atoms with Crippen molar-refractivity contribution < 1.29 is 19.4 Å². The van der Waals surface area contributed by atoms with Crippen molar-refractivity contribution in [1.29, 1.82) is 0 Å². The number of benzene rings is 1. The summed E-state index contributed by atoms with van der Waals surface area (Å²) in [6.07, 6.45) is 1.97. The van der Waals surface area contributed by atoms with E-state index in [0.717, 1.165) is 44.6 Å². The minimum absolute atomic E-state index is 0.0157. The van der Waals surface area contributed by atoms with Crippen LogP contribution in [0.3, 0.4) is 0 Å². The van der Waals surface area contributed by atoms with Gasteiger partial charge in [0, 0.05) is 26.2 Å². The SMILES string of the molecule is CCN(CC)C(=O)[C@H]1CCCN(Cc2cc(OC)c(O)c(OC)c2)C1. The van der Waals surface area contributed by atoms with E-state index in [1.165, 1.54) is 14.2 Å². The maximum Gasteiger partial charge on any atom is 0.226 e. The Morgan fingerprint density at radius 2 is 1.84 bits per heavy atom. The Bertz CT molecular complexity index is 562. The van der Waals surface area contributed by atoms with Crippen LogP contribution in [0.5, 0.6) is 17.2 Å². The molecule has 0 aliphatic carbocycles. The lowest BCUT2D eigenvalue weighted by Gasteiger charge is -2.34. The number of aromatic hydroxyl groups is 1. The molecule has 6 nitrogen and oxygen atoms in total. The Morgan fingerprint density at radius 3 is 2.36 bits per heavy atom. The quantitative estimate of drug-likeness (QED) is 0.819. The van der Waals surface area contributed by atoms with Gasteiger partial charge in [0.2, 0.25) is 11.7 Å². The van der Waals surface area contributed by atoms with E-state index in [2.05, 4.69) is 4.90 Å². The maximum atomic E-state index is 12.6. The van der Waals surface area contributed by atoms with E-state index < -0.39 is 0 Å². The molecule has 1 fully saturated rings. The zero-order valence-corrected chi connectivity index (χ0v) is 15.7. The van der Waals surface area contributed by atoms with Crippen molar-refractivity contribution in [2.75, 3.05) is 40.4 Å². The standard InChI is InChI=1S/C19H30N2O4/c1-5-21(6-2)19(23)15-8-7-9-20(13-15)12-14-10-16(24-3)18(22)17(11-14)25-4/h10-11,15,22H,5-9,12-13H2,1-4H3/t15-/m0/s1. The molecule has 1 N–H and O–H groups in total. The third-order valence-corrected chi connectivity index (χ3v) is 4.88. The third-order valence-electron chi connectivity index (χ3n) is 4.88. The first-order valence-electron chi connectivity index (χ1n) is 8.98. The monoisotopic (exact) mass is 350 g/mol. The molecule has 1 aliphatic rings. The number of phenolic OH excluding ortho intramolecular Hbond substituents is 1. The van der Waals surface area contributed by atoms with Gasteiger partial charge in [0.05, 0.1) is 20.1 Å². The van der Waals surface area contributed by atoms with E-state index in [9.17, 15) is 9.90 Å². The van der Waals surface area contributed by atoms with Gasteiger partial charge in [-0.25, -0.2) is 0 Å². The van der Waals surface area contributed by atoms with Gasteiger partial charge in [0.25, 0.3) is 0 Å². The Kier molecular flexibility index (Phi) is 6.93. The van der Waals surface area contributed by atoms with Gasteiger partial charge in [-0.3, -0.25) is 9.69 Å². The molecule has 0 spiro atoms. The molecule has 1 atom stereocenters. The van der Waals surface area contributed by atoms with Crippen LogP contribution < -0.4 is 9.47 Å². The van der Waals surface area contributed by atoms with Gasteiger partial charge >= 0.3 is 0 Å². The molecule has 140 valence electrons. The van der Waals surface area contributed by atoms with Gasteiger partial charge in [-0.1, -0.05) is 0 Å². The molecule has 0 aromatic heterocycles. The van der Waals surface area contributed by atoms with Crippen LogP contribution in [0.4, 0.5) is 0 Å². The second-order valence-corrected chi connectivity index (χ2v) is 6.43. The summed E-state index contributed by atoms with van der Waals surface area (Å²) in [6.45, 7) is 8.01. The molecule has 0 saturated carbocycles. The van der Waals surface area contributed by atoms with Gasteiger partial charge in [0.1, 0.15) is 0 Å². The summed E-state index contributed by atoms with van der Waals surface area (Å²) < 4.78 is 10.5. The number of ether oxygens (including phenoxy) is 2. The van der Waals surface area contributed by atoms with Crippen LogP contribution in [0, 0.1) is 5.92 Å². The van der Waals surface area contributed by atoms with Gasteiger partial charge in [0.15, 0.2) is 11.5 Å². The first-order valence-corrected chi connectivity index (χ1v) is 8.98. The van der Waals surface area contributed by atoms with Crippen molar-refractivity contribution in [2.45, 2.75) is 33.2 Å². The highest BCUT2D eigenvalue weighted by Crippen LogP contribution is 2.37. The predicted octanol–water partition coefficient (Wildman–Crippen LogP) is 2.49. The van der Waals surface area contributed by atoms with Gasteiger partial charge in [-0.15, -0.1) is 0 Å². The number of hydrogen-bond donors (Lipinski definition) is 1. The predicted molar refractivity (Wildman–Crippen MR) is 97.1 cm³/mol. The molecule has 0 radical (unpaired) electrons. The van der Waals surface area contributed by atoms with Crippen molar-refractivity contribution in [3.8, 4) is 17.2 Å². The number of nitrogens with zero attached hydrogens (tertiary/aromatic N) is 2. The summed E-state index contributed by atoms with van der Waals surface area (Å²) in [5, 5.41) is 10.0. The molecular formula is C19H30N2O4. The molecule has 25 heavy (non-hydrogen) atoms. The molecule has 1 aromatic rings. The van der Waals surface area contributed by atoms with Crippen molar-refractivity contribution in [3.05, 3.63) is 17.7 Å². The average Bonchev–Trinajstić information content (AvgIpc) is 2.64. The fourth-order valence-corrected chi connectivity index (χ4v) is 3.49. The number of hydrogen-bond acceptors (Lipinski definition) is 5. The number of amides is 1. The number of likely N-dealkylation sites (tertiary alicyclic amines) is 1. The maximum absolute atomic E-state index is 12.6. The van der Waals surface area contributed by atoms with E-state index in [0.29, 0.717) is 18.0 Å². The van der Waals surface area contributed by atoms with Crippen LogP contribution in [0.15, 0.2) is 12.1 Å². The molecule has 1 saturated heterocycles. The highest BCUT2D eigenvalue weighted by Gasteiger charge is 2.28. The lowest BCUT2D eigenvalue weighted by atomic mass is 9.96. The van der Waals surface area contributed by atoms with E-state index in [4.69, 9.17) is 9.47 Å². The van der Waals surface area contributed by atoms with E-state index >= 15 is 0 Å². The third kappa shape index (κ3) is 4.57. The summed E-state index contributed by atoms with van der Waals surface area (Å²) in [5.74, 6) is 1.15. The molecule has 1 aliphatic heterocycles. The van der Waals surface area contributed by atoms with Crippen LogP contribution in [-0.4, -0.2) is 61.2 Å². The normalized spacial score (nSPS) is 18.0. The molecule has 1 heterocycles. The Hall–Kier alpha value is -1.95. The summed E-state index contributed by atoms with van der Waals surface area (Å²) in [4.78, 5) is 16.8. The van der Waals surface area contributed by atoms with Crippen LogP contribution in [0.1, 0.15) is 32.3 Å². The fourth-order valence-electron chi connectivity index (χ4n) is 3.49. The summed E-state index contributed by atoms with van der Waals surface area (Å²) in [6, 6.07) is 3.65. The summed E-state index contributed by atoms with van der Waals surface area (Å²) >= 11 is 0. The Morgan fingerprint density at radius 1 is 1.24 bits per heavy atom. The van der Waals surface area contributed by atoms with Crippen LogP contribution in [0.25, 0.3) is 0 Å². The first kappa shape index (κ1) is 19.4. The van der Waals surface area contributed by atoms with Crippen LogP contribution >= 0.6 is 0 Å². The number of phenols is 1. The lowest BCUT2D eigenvalue weighted by Crippen LogP contribution is -2.44. The van der Waals surface area contributed by atoms with E-state index in [1.54, 1.807) is 0 Å². The van der Waals surface area contributed by atoms with Crippen LogP contribution in [0.2, 0.25) is 0 Å². The Labute approximate surface area is 150 Å². The number of carbonyl (C=O) groups excluding carboxylic acids is 1. The molecule has 0 bridgehead atoms. The molecule has 2 rings (SSSR count). The van der Waals surface area contributed by atoms with Crippen molar-refractivity contribution in [3.63, 3.8) is 0 Å². The van der Waals surface area contributed by atoms with Crippen LogP contribution in [-0.2, 0) is 11.3 Å². The highest BCUT2D eigenvalue weighted by molar-refractivity contribution is 5.79. The van der Waals surface area contributed by atoms with Gasteiger partial charge in [-0.05, 0) is 50.9 Å². The van der Waals surface area contributed by atoms with Gasteiger partial charge < -0.3 is 19.5 Å². The minimum atomic E-state index is 0.0157. The number of piperidine rings is 1. The smallest absolute Gasteiger partial charge is 0.226 e. The summed E-state index contributed by atoms with van der Waals surface area (Å²) in [5.41, 5.74) is 1.00. The molecule has 1 aromatic carbocycles. The second-order valence-electron chi connectivity index (χ2n) is 6.43. The minimum Gasteiger partial charge on any atom is -0.502 e. The van der Waals surface area contributed by atoms with E-state index in [-0.39, 0.29) is 17.6 Å². The first-order chi connectivity index (χ1) is 12.0. The van der Waals surface area contributed by atoms with Crippen molar-refractivity contribution in [1.82, 2.24) is 9.80 Å². The highest BCUT2D eigenvalue weighted by atomic mass is 16.5. The number of methoxy groups -OCH3 is 2. The number of rotatable bonds is 7.